The van der Waals surface area contributed by atoms with Crippen molar-refractivity contribution in [3.05, 3.63) is 58.9 Å². The van der Waals surface area contributed by atoms with Gasteiger partial charge in [-0.25, -0.2) is 17.7 Å². The van der Waals surface area contributed by atoms with Crippen molar-refractivity contribution >= 4 is 38.6 Å². The molecule has 29 heavy (non-hydrogen) atoms. The third-order valence-corrected chi connectivity index (χ3v) is 6.79. The molecule has 0 saturated carbocycles. The maximum absolute atomic E-state index is 12.5. The Labute approximate surface area is 175 Å². The molecule has 2 aromatic carbocycles. The summed E-state index contributed by atoms with van der Waals surface area (Å²) in [6.07, 6.45) is 0.695. The summed E-state index contributed by atoms with van der Waals surface area (Å²) in [5.41, 5.74) is 2.14. The molecule has 0 bridgehead atoms. The molecule has 154 valence electrons. The second kappa shape index (κ2) is 8.52. The van der Waals surface area contributed by atoms with Crippen LogP contribution in [0.5, 0.6) is 0 Å². The van der Waals surface area contributed by atoms with E-state index in [0.717, 1.165) is 21.2 Å². The minimum absolute atomic E-state index is 0.0255. The van der Waals surface area contributed by atoms with Gasteiger partial charge in [0.05, 0.1) is 26.5 Å². The van der Waals surface area contributed by atoms with Gasteiger partial charge in [0.25, 0.3) is 5.91 Å². The van der Waals surface area contributed by atoms with Crippen LogP contribution in [0.25, 0.3) is 11.0 Å². The molecule has 1 heterocycles. The Morgan fingerprint density at radius 2 is 1.93 bits per heavy atom. The van der Waals surface area contributed by atoms with E-state index < -0.39 is 15.9 Å². The summed E-state index contributed by atoms with van der Waals surface area (Å²) in [6, 6.07) is 12.0. The summed E-state index contributed by atoms with van der Waals surface area (Å²) < 4.78 is 27.8. The topological polar surface area (TPSA) is 84.3 Å². The fourth-order valence-electron chi connectivity index (χ4n) is 3.06. The first-order chi connectivity index (χ1) is 13.7. The minimum Gasteiger partial charge on any atom is -0.352 e. The van der Waals surface area contributed by atoms with Gasteiger partial charge in [-0.2, -0.15) is 0 Å². The maximum atomic E-state index is 12.5. The smallest absolute Gasteiger partial charge is 0.252 e. The molecule has 9 heteroatoms. The molecule has 0 aliphatic carbocycles. The van der Waals surface area contributed by atoms with Gasteiger partial charge in [0.2, 0.25) is 10.0 Å². The van der Waals surface area contributed by atoms with E-state index in [-0.39, 0.29) is 15.5 Å². The van der Waals surface area contributed by atoms with Crippen LogP contribution in [-0.4, -0.2) is 48.8 Å². The lowest BCUT2D eigenvalue weighted by Gasteiger charge is -2.13. The molecule has 0 aliphatic rings. The first-order valence-electron chi connectivity index (χ1n) is 9.14. The predicted octanol–water partition coefficient (Wildman–Crippen LogP) is 3.07. The van der Waals surface area contributed by atoms with Crippen LogP contribution in [0, 0.1) is 6.92 Å². The first kappa shape index (κ1) is 21.3. The van der Waals surface area contributed by atoms with Gasteiger partial charge in [-0.1, -0.05) is 23.7 Å². The van der Waals surface area contributed by atoms with Gasteiger partial charge in [0, 0.05) is 27.2 Å². The normalized spacial score (nSPS) is 11.9. The molecule has 7 nitrogen and oxygen atoms in total. The molecule has 1 N–H and O–H groups in total. The second-order valence-corrected chi connectivity index (χ2v) is 9.40. The second-order valence-electron chi connectivity index (χ2n) is 6.84. The highest BCUT2D eigenvalue weighted by molar-refractivity contribution is 7.89. The Bertz CT molecular complexity index is 1160. The van der Waals surface area contributed by atoms with Gasteiger partial charge in [-0.05, 0) is 43.7 Å². The number of aryl methyl sites for hydroxylation is 2. The zero-order valence-electron chi connectivity index (χ0n) is 16.5. The maximum Gasteiger partial charge on any atom is 0.252 e. The number of hydrogen-bond donors (Lipinski definition) is 1. The van der Waals surface area contributed by atoms with Gasteiger partial charge >= 0.3 is 0 Å². The highest BCUT2D eigenvalue weighted by atomic mass is 35.5. The molecule has 0 atom stereocenters. The lowest BCUT2D eigenvalue weighted by atomic mass is 10.2. The number of sulfonamides is 1. The number of carbonyl (C=O) groups excluding carboxylic acids is 1. The highest BCUT2D eigenvalue weighted by Gasteiger charge is 2.20. The fourth-order valence-corrected chi connectivity index (χ4v) is 4.19. The van der Waals surface area contributed by atoms with Crippen LogP contribution >= 0.6 is 11.6 Å². The largest absolute Gasteiger partial charge is 0.352 e. The number of rotatable bonds is 7. The highest BCUT2D eigenvalue weighted by Crippen LogP contribution is 2.22. The van der Waals surface area contributed by atoms with Gasteiger partial charge < -0.3 is 9.88 Å². The number of amides is 1. The van der Waals surface area contributed by atoms with E-state index in [1.807, 2.05) is 31.2 Å². The van der Waals surface area contributed by atoms with Crippen LogP contribution in [0.2, 0.25) is 5.02 Å². The molecular weight excluding hydrogens is 412 g/mol. The number of imidazole rings is 1. The van der Waals surface area contributed by atoms with E-state index >= 15 is 0 Å². The Morgan fingerprint density at radius 3 is 2.66 bits per heavy atom. The Kier molecular flexibility index (Phi) is 6.26. The SMILES string of the molecule is Cc1nc2ccccc2n1CCCNC(=O)c1cc(S(=O)(=O)N(C)C)ccc1Cl. The molecular formula is C20H23ClN4O3S. The number of hydrogen-bond acceptors (Lipinski definition) is 4. The number of aromatic nitrogens is 2. The average molecular weight is 435 g/mol. The van der Waals surface area contributed by atoms with Crippen LogP contribution in [0.1, 0.15) is 22.6 Å². The molecule has 0 radical (unpaired) electrons. The summed E-state index contributed by atoms with van der Waals surface area (Å²) in [5.74, 6) is 0.514. The van der Waals surface area contributed by atoms with Gasteiger partial charge in [0.1, 0.15) is 5.82 Å². The Morgan fingerprint density at radius 1 is 1.21 bits per heavy atom. The average Bonchev–Trinajstić information content (AvgIpc) is 3.00. The van der Waals surface area contributed by atoms with Crippen LogP contribution in [0.15, 0.2) is 47.4 Å². The number of fused-ring (bicyclic) bond motifs is 1. The van der Waals surface area contributed by atoms with E-state index in [2.05, 4.69) is 14.9 Å². The van der Waals surface area contributed by atoms with Gasteiger partial charge in [0.15, 0.2) is 0 Å². The molecule has 1 amide bonds. The van der Waals surface area contributed by atoms with Crippen molar-refractivity contribution < 1.29 is 13.2 Å². The van der Waals surface area contributed by atoms with Crippen molar-refractivity contribution in [1.29, 1.82) is 0 Å². The van der Waals surface area contributed by atoms with Crippen molar-refractivity contribution in [3.8, 4) is 0 Å². The van der Waals surface area contributed by atoms with Crippen LogP contribution in [-0.2, 0) is 16.6 Å². The van der Waals surface area contributed by atoms with E-state index in [9.17, 15) is 13.2 Å². The monoisotopic (exact) mass is 434 g/mol. The molecule has 0 fully saturated rings. The summed E-state index contributed by atoms with van der Waals surface area (Å²) >= 11 is 6.12. The van der Waals surface area contributed by atoms with Crippen molar-refractivity contribution in [3.63, 3.8) is 0 Å². The van der Waals surface area contributed by atoms with Crippen molar-refractivity contribution in [1.82, 2.24) is 19.2 Å². The zero-order valence-corrected chi connectivity index (χ0v) is 18.1. The molecule has 0 aliphatic heterocycles. The fraction of sp³-hybridized carbons (Fsp3) is 0.300. The lowest BCUT2D eigenvalue weighted by molar-refractivity contribution is 0.0952. The van der Waals surface area contributed by atoms with Gasteiger partial charge in [-0.15, -0.1) is 0 Å². The quantitative estimate of drug-likeness (QED) is 0.579. The number of para-hydroxylation sites is 2. The Balaban J connectivity index is 1.66. The van der Waals surface area contributed by atoms with Crippen LogP contribution in [0.4, 0.5) is 0 Å². The Hall–Kier alpha value is -2.42. The molecule has 0 unspecified atom stereocenters. The molecule has 3 rings (SSSR count). The van der Waals surface area contributed by atoms with E-state index in [1.54, 1.807) is 0 Å². The molecule has 1 aromatic heterocycles. The summed E-state index contributed by atoms with van der Waals surface area (Å²) in [6.45, 7) is 3.08. The van der Waals surface area contributed by atoms with E-state index in [1.165, 1.54) is 32.3 Å². The molecule has 0 spiro atoms. The number of benzene rings is 2. The standard InChI is InChI=1S/C20H23ClN4O3S/c1-14-23-18-7-4-5-8-19(18)25(14)12-6-11-22-20(26)16-13-15(9-10-17(16)21)29(27,28)24(2)3/h4-5,7-10,13H,6,11-12H2,1-3H3,(H,22,26). The summed E-state index contributed by atoms with van der Waals surface area (Å²) in [7, 11) is -0.774. The number of carbonyl (C=O) groups is 1. The first-order valence-corrected chi connectivity index (χ1v) is 11.0. The van der Waals surface area contributed by atoms with Crippen molar-refractivity contribution in [2.45, 2.75) is 24.8 Å². The van der Waals surface area contributed by atoms with E-state index in [0.29, 0.717) is 19.5 Å². The summed E-state index contributed by atoms with van der Waals surface area (Å²) in [5, 5.41) is 3.02. The van der Waals surface area contributed by atoms with E-state index in [4.69, 9.17) is 11.6 Å². The lowest BCUT2D eigenvalue weighted by Crippen LogP contribution is -2.27. The minimum atomic E-state index is -3.65. The third kappa shape index (κ3) is 4.44. The van der Waals surface area contributed by atoms with Gasteiger partial charge in [-0.3, -0.25) is 4.79 Å². The number of nitrogens with zero attached hydrogens (tertiary/aromatic N) is 3. The third-order valence-electron chi connectivity index (χ3n) is 4.65. The van der Waals surface area contributed by atoms with Crippen molar-refractivity contribution in [2.75, 3.05) is 20.6 Å². The predicted molar refractivity (Wildman–Crippen MR) is 114 cm³/mol. The van der Waals surface area contributed by atoms with Crippen LogP contribution in [0.3, 0.4) is 0 Å². The summed E-state index contributed by atoms with van der Waals surface area (Å²) in [4.78, 5) is 17.1. The van der Waals surface area contributed by atoms with Crippen LogP contribution < -0.4 is 5.32 Å². The zero-order chi connectivity index (χ0) is 21.2. The molecule has 0 saturated heterocycles. The number of halogens is 1. The molecule has 3 aromatic rings. The number of nitrogens with one attached hydrogen (secondary N) is 1. The van der Waals surface area contributed by atoms with Crippen molar-refractivity contribution in [2.24, 2.45) is 0 Å².